The second-order valence-electron chi connectivity index (χ2n) is 5.78. The van der Waals surface area contributed by atoms with E-state index >= 15 is 0 Å². The molecule has 2 aromatic rings. The lowest BCUT2D eigenvalue weighted by molar-refractivity contribution is 0.0932. The Morgan fingerprint density at radius 1 is 1.24 bits per heavy atom. The van der Waals surface area contributed by atoms with E-state index in [1.165, 1.54) is 0 Å². The smallest absolute Gasteiger partial charge is 0.271 e. The number of hydrogen-bond acceptors (Lipinski definition) is 3. The van der Waals surface area contributed by atoms with Crippen molar-refractivity contribution >= 4 is 17.2 Å². The van der Waals surface area contributed by atoms with Crippen LogP contribution in [0.3, 0.4) is 0 Å². The van der Waals surface area contributed by atoms with Crippen molar-refractivity contribution < 1.29 is 4.79 Å². The highest BCUT2D eigenvalue weighted by Gasteiger charge is 2.19. The van der Waals surface area contributed by atoms with Gasteiger partial charge in [0.05, 0.1) is 9.88 Å². The molecule has 1 amide bonds. The van der Waals surface area contributed by atoms with Crippen molar-refractivity contribution in [1.82, 2.24) is 10.3 Å². The number of nitrogens with zero attached hydrogens (tertiary/aromatic N) is 1. The van der Waals surface area contributed by atoms with E-state index < -0.39 is 0 Å². The molecule has 112 valence electrons. The SMILES string of the molecule is Cc1nc(C(=O)N[C@@H](C)CC(C)C)c(-c2ccccc2)s1. The molecule has 21 heavy (non-hydrogen) atoms. The first-order valence-corrected chi connectivity index (χ1v) is 8.12. The van der Waals surface area contributed by atoms with Gasteiger partial charge in [0.2, 0.25) is 0 Å². The molecule has 3 nitrogen and oxygen atoms in total. The largest absolute Gasteiger partial charge is 0.348 e. The molecule has 0 aliphatic rings. The van der Waals surface area contributed by atoms with Crippen molar-refractivity contribution in [2.45, 2.75) is 40.2 Å². The number of rotatable bonds is 5. The topological polar surface area (TPSA) is 42.0 Å². The molecule has 0 unspecified atom stereocenters. The van der Waals surface area contributed by atoms with Crippen LogP contribution in [0, 0.1) is 12.8 Å². The Bertz CT molecular complexity index is 605. The molecule has 0 spiro atoms. The van der Waals surface area contributed by atoms with E-state index in [4.69, 9.17) is 0 Å². The predicted molar refractivity (Wildman–Crippen MR) is 88.7 cm³/mol. The highest BCUT2D eigenvalue weighted by Crippen LogP contribution is 2.30. The molecule has 0 bridgehead atoms. The van der Waals surface area contributed by atoms with Gasteiger partial charge in [-0.25, -0.2) is 4.98 Å². The zero-order valence-corrected chi connectivity index (χ0v) is 13.8. The molecule has 0 aliphatic carbocycles. The summed E-state index contributed by atoms with van der Waals surface area (Å²) in [6, 6.07) is 10.1. The van der Waals surface area contributed by atoms with Gasteiger partial charge >= 0.3 is 0 Å². The summed E-state index contributed by atoms with van der Waals surface area (Å²) in [4.78, 5) is 17.8. The Morgan fingerprint density at radius 2 is 1.90 bits per heavy atom. The molecule has 0 saturated carbocycles. The van der Waals surface area contributed by atoms with Crippen LogP contribution in [-0.2, 0) is 0 Å². The minimum absolute atomic E-state index is 0.0775. The number of carbonyl (C=O) groups excluding carboxylic acids is 1. The van der Waals surface area contributed by atoms with Crippen molar-refractivity contribution in [3.05, 3.63) is 41.0 Å². The summed E-state index contributed by atoms with van der Waals surface area (Å²) in [5.41, 5.74) is 1.59. The first kappa shape index (κ1) is 15.7. The normalized spacial score (nSPS) is 12.4. The molecule has 1 N–H and O–H groups in total. The van der Waals surface area contributed by atoms with Crippen molar-refractivity contribution in [1.29, 1.82) is 0 Å². The lowest BCUT2D eigenvalue weighted by Gasteiger charge is -2.15. The van der Waals surface area contributed by atoms with Gasteiger partial charge in [-0.2, -0.15) is 0 Å². The summed E-state index contributed by atoms with van der Waals surface area (Å²) in [7, 11) is 0. The predicted octanol–water partition coefficient (Wildman–Crippen LogP) is 4.28. The summed E-state index contributed by atoms with van der Waals surface area (Å²) >= 11 is 1.56. The van der Waals surface area contributed by atoms with Gasteiger partial charge in [0.1, 0.15) is 5.69 Å². The van der Waals surface area contributed by atoms with E-state index in [1.807, 2.05) is 44.2 Å². The summed E-state index contributed by atoms with van der Waals surface area (Å²) in [6.07, 6.45) is 0.968. The second-order valence-corrected chi connectivity index (χ2v) is 6.98. The third-order valence-electron chi connectivity index (χ3n) is 3.19. The Kier molecular flexibility index (Phi) is 5.12. The number of hydrogen-bond donors (Lipinski definition) is 1. The van der Waals surface area contributed by atoms with Crippen LogP contribution in [0.2, 0.25) is 0 Å². The minimum Gasteiger partial charge on any atom is -0.348 e. The zero-order valence-electron chi connectivity index (χ0n) is 13.0. The minimum atomic E-state index is -0.0775. The highest BCUT2D eigenvalue weighted by atomic mass is 32.1. The van der Waals surface area contributed by atoms with Gasteiger partial charge in [-0.1, -0.05) is 44.2 Å². The number of thiazole rings is 1. The van der Waals surface area contributed by atoms with Crippen LogP contribution in [0.25, 0.3) is 10.4 Å². The van der Waals surface area contributed by atoms with Crippen LogP contribution in [0.4, 0.5) is 0 Å². The maximum Gasteiger partial charge on any atom is 0.271 e. The lowest BCUT2D eigenvalue weighted by Crippen LogP contribution is -2.34. The summed E-state index contributed by atoms with van der Waals surface area (Å²) in [6.45, 7) is 8.29. The fourth-order valence-corrected chi connectivity index (χ4v) is 3.35. The molecule has 0 radical (unpaired) electrons. The summed E-state index contributed by atoms with van der Waals surface area (Å²) in [5, 5.41) is 3.97. The number of benzene rings is 1. The Labute approximate surface area is 130 Å². The van der Waals surface area contributed by atoms with Gasteiger partial charge in [0, 0.05) is 6.04 Å². The van der Waals surface area contributed by atoms with Gasteiger partial charge in [-0.3, -0.25) is 4.79 Å². The third-order valence-corrected chi connectivity index (χ3v) is 4.21. The Morgan fingerprint density at radius 3 is 2.52 bits per heavy atom. The first-order valence-electron chi connectivity index (χ1n) is 7.31. The molecule has 1 aromatic heterocycles. The maximum absolute atomic E-state index is 12.5. The maximum atomic E-state index is 12.5. The van der Waals surface area contributed by atoms with E-state index in [0.717, 1.165) is 21.9 Å². The standard InChI is InChI=1S/C17H22N2OS/c1-11(2)10-12(3)18-17(20)15-16(21-13(4)19-15)14-8-6-5-7-9-14/h5-9,11-12H,10H2,1-4H3,(H,18,20)/t12-/m0/s1. The summed E-state index contributed by atoms with van der Waals surface area (Å²) in [5.74, 6) is 0.484. The zero-order chi connectivity index (χ0) is 15.4. The van der Waals surface area contributed by atoms with Crippen LogP contribution in [0.5, 0.6) is 0 Å². The summed E-state index contributed by atoms with van der Waals surface area (Å²) < 4.78 is 0. The number of carbonyl (C=O) groups is 1. The fourth-order valence-electron chi connectivity index (χ4n) is 2.42. The van der Waals surface area contributed by atoms with Gasteiger partial charge in [0.15, 0.2) is 0 Å². The number of aryl methyl sites for hydroxylation is 1. The highest BCUT2D eigenvalue weighted by molar-refractivity contribution is 7.15. The van der Waals surface area contributed by atoms with Crippen LogP contribution in [-0.4, -0.2) is 16.9 Å². The molecule has 0 fully saturated rings. The van der Waals surface area contributed by atoms with E-state index in [2.05, 4.69) is 24.1 Å². The molecule has 1 aromatic carbocycles. The Hall–Kier alpha value is -1.68. The van der Waals surface area contributed by atoms with E-state index in [0.29, 0.717) is 11.6 Å². The molecule has 0 aliphatic heterocycles. The van der Waals surface area contributed by atoms with Crippen molar-refractivity contribution in [3.8, 4) is 10.4 Å². The van der Waals surface area contributed by atoms with Crippen LogP contribution in [0.1, 0.15) is 42.7 Å². The number of aromatic nitrogens is 1. The Balaban J connectivity index is 2.22. The molecular weight excluding hydrogens is 280 g/mol. The quantitative estimate of drug-likeness (QED) is 0.895. The average molecular weight is 302 g/mol. The van der Waals surface area contributed by atoms with Crippen molar-refractivity contribution in [2.75, 3.05) is 0 Å². The van der Waals surface area contributed by atoms with E-state index in [1.54, 1.807) is 11.3 Å². The van der Waals surface area contributed by atoms with E-state index in [9.17, 15) is 4.79 Å². The molecular formula is C17H22N2OS. The van der Waals surface area contributed by atoms with Crippen LogP contribution in [0.15, 0.2) is 30.3 Å². The van der Waals surface area contributed by atoms with Crippen LogP contribution >= 0.6 is 11.3 Å². The number of amides is 1. The average Bonchev–Trinajstić information content (AvgIpc) is 2.81. The van der Waals surface area contributed by atoms with Gasteiger partial charge in [0.25, 0.3) is 5.91 Å². The van der Waals surface area contributed by atoms with Gasteiger partial charge in [-0.15, -0.1) is 11.3 Å². The monoisotopic (exact) mass is 302 g/mol. The molecule has 1 atom stereocenters. The lowest BCUT2D eigenvalue weighted by atomic mass is 10.1. The van der Waals surface area contributed by atoms with Gasteiger partial charge < -0.3 is 5.32 Å². The van der Waals surface area contributed by atoms with Crippen molar-refractivity contribution in [2.24, 2.45) is 5.92 Å². The molecule has 1 heterocycles. The first-order chi connectivity index (χ1) is 9.97. The molecule has 0 saturated heterocycles. The van der Waals surface area contributed by atoms with Gasteiger partial charge in [-0.05, 0) is 31.7 Å². The van der Waals surface area contributed by atoms with Crippen LogP contribution < -0.4 is 5.32 Å². The molecule has 4 heteroatoms. The van der Waals surface area contributed by atoms with Crippen molar-refractivity contribution in [3.63, 3.8) is 0 Å². The third kappa shape index (κ3) is 4.14. The fraction of sp³-hybridized carbons (Fsp3) is 0.412. The number of nitrogens with one attached hydrogen (secondary N) is 1. The second kappa shape index (κ2) is 6.85. The van der Waals surface area contributed by atoms with E-state index in [-0.39, 0.29) is 11.9 Å². The molecule has 2 rings (SSSR count).